The fourth-order valence-corrected chi connectivity index (χ4v) is 3.35. The van der Waals surface area contributed by atoms with E-state index in [0.717, 1.165) is 5.56 Å². The molecule has 1 aliphatic heterocycles. The van der Waals surface area contributed by atoms with Crippen LogP contribution in [-0.2, 0) is 4.79 Å². The molecule has 0 radical (unpaired) electrons. The van der Waals surface area contributed by atoms with Gasteiger partial charge in [0.25, 0.3) is 5.91 Å². The van der Waals surface area contributed by atoms with Crippen molar-refractivity contribution in [1.29, 1.82) is 0 Å². The van der Waals surface area contributed by atoms with E-state index in [0.29, 0.717) is 31.6 Å². The molecule has 1 amide bonds. The topological polar surface area (TPSA) is 107 Å². The number of carbonyl (C=O) groups excluding carboxylic acids is 1. The first-order valence-corrected chi connectivity index (χ1v) is 8.41. The van der Waals surface area contributed by atoms with Crippen molar-refractivity contribution in [3.63, 3.8) is 0 Å². The summed E-state index contributed by atoms with van der Waals surface area (Å²) in [7, 11) is 0. The number of fused-ring (bicyclic) bond motifs is 1. The number of rotatable bonds is 2. The van der Waals surface area contributed by atoms with Gasteiger partial charge in [-0.2, -0.15) is 0 Å². The Hall–Kier alpha value is -2.91. The lowest BCUT2D eigenvalue weighted by Gasteiger charge is -2.04. The Labute approximate surface area is 151 Å². The lowest BCUT2D eigenvalue weighted by molar-refractivity contribution is -0.115. The van der Waals surface area contributed by atoms with Crippen LogP contribution in [0.15, 0.2) is 41.6 Å². The second-order valence-electron chi connectivity index (χ2n) is 5.16. The summed E-state index contributed by atoms with van der Waals surface area (Å²) in [4.78, 5) is 29.3. The molecule has 0 aliphatic carbocycles. The molecule has 0 atom stereocenters. The van der Waals surface area contributed by atoms with E-state index in [1.807, 2.05) is 24.3 Å². The molecule has 0 bridgehead atoms. The van der Waals surface area contributed by atoms with Gasteiger partial charge in [0, 0.05) is 11.8 Å². The van der Waals surface area contributed by atoms with Crippen LogP contribution in [0, 0.1) is 0 Å². The highest BCUT2D eigenvalue weighted by Gasteiger charge is 2.22. The molecule has 1 fully saturated rings. The number of nitrogens with two attached hydrogens (primary N) is 1. The van der Waals surface area contributed by atoms with Crippen LogP contribution >= 0.6 is 24.0 Å². The highest BCUT2D eigenvalue weighted by atomic mass is 32.2. The minimum atomic E-state index is -0.207. The van der Waals surface area contributed by atoms with E-state index in [4.69, 9.17) is 18.0 Å². The molecule has 3 aromatic heterocycles. The number of anilines is 1. The molecular formula is C16H10N6OS2. The molecular weight excluding hydrogens is 356 g/mol. The monoisotopic (exact) mass is 366 g/mol. The van der Waals surface area contributed by atoms with E-state index < -0.39 is 0 Å². The Kier molecular flexibility index (Phi) is 3.86. The Balaban J connectivity index is 1.73. The van der Waals surface area contributed by atoms with Crippen LogP contribution in [0.2, 0.25) is 0 Å². The van der Waals surface area contributed by atoms with Gasteiger partial charge in [0.15, 0.2) is 0 Å². The minimum Gasteiger partial charge on any atom is -0.368 e. The van der Waals surface area contributed by atoms with Crippen molar-refractivity contribution in [2.75, 3.05) is 5.73 Å². The first kappa shape index (κ1) is 15.6. The van der Waals surface area contributed by atoms with Gasteiger partial charge in [0.05, 0.1) is 28.0 Å². The molecule has 3 aromatic rings. The van der Waals surface area contributed by atoms with Crippen molar-refractivity contribution in [2.24, 2.45) is 0 Å². The maximum absolute atomic E-state index is 11.8. The fourth-order valence-electron chi connectivity index (χ4n) is 2.32. The summed E-state index contributed by atoms with van der Waals surface area (Å²) in [6.07, 6.45) is 4.99. The van der Waals surface area contributed by atoms with Gasteiger partial charge in [0.2, 0.25) is 5.95 Å². The van der Waals surface area contributed by atoms with Crippen molar-refractivity contribution >= 4 is 57.3 Å². The number of carbonyl (C=O) groups is 1. The second-order valence-corrected chi connectivity index (χ2v) is 6.88. The van der Waals surface area contributed by atoms with E-state index in [9.17, 15) is 4.79 Å². The van der Waals surface area contributed by atoms with E-state index in [1.54, 1.807) is 18.5 Å². The summed E-state index contributed by atoms with van der Waals surface area (Å²) >= 11 is 6.21. The normalized spacial score (nSPS) is 15.8. The fraction of sp³-hybridized carbons (Fsp3) is 0. The van der Waals surface area contributed by atoms with Gasteiger partial charge in [-0.25, -0.2) is 15.0 Å². The molecule has 0 aromatic carbocycles. The van der Waals surface area contributed by atoms with Crippen LogP contribution in [0.3, 0.4) is 0 Å². The highest BCUT2D eigenvalue weighted by Crippen LogP contribution is 2.26. The van der Waals surface area contributed by atoms with Crippen LogP contribution in [0.4, 0.5) is 5.95 Å². The van der Waals surface area contributed by atoms with E-state index in [1.165, 1.54) is 11.8 Å². The predicted molar refractivity (Wildman–Crippen MR) is 101 cm³/mol. The molecule has 0 saturated carbocycles. The molecule has 3 N–H and O–H groups in total. The van der Waals surface area contributed by atoms with Crippen LogP contribution < -0.4 is 11.1 Å². The van der Waals surface area contributed by atoms with Crippen molar-refractivity contribution in [1.82, 2.24) is 25.3 Å². The zero-order valence-electron chi connectivity index (χ0n) is 12.6. The summed E-state index contributed by atoms with van der Waals surface area (Å²) in [6, 6.07) is 7.40. The first-order valence-electron chi connectivity index (χ1n) is 7.19. The number of hydrogen-bond acceptors (Lipinski definition) is 8. The Morgan fingerprint density at radius 3 is 2.84 bits per heavy atom. The Bertz CT molecular complexity index is 1070. The van der Waals surface area contributed by atoms with E-state index >= 15 is 0 Å². The van der Waals surface area contributed by atoms with Gasteiger partial charge in [-0.1, -0.05) is 30.0 Å². The second kappa shape index (κ2) is 6.19. The molecule has 1 saturated heterocycles. The van der Waals surface area contributed by atoms with Crippen LogP contribution in [0.5, 0.6) is 0 Å². The van der Waals surface area contributed by atoms with Crippen molar-refractivity contribution in [2.45, 2.75) is 0 Å². The third kappa shape index (κ3) is 3.19. The summed E-state index contributed by atoms with van der Waals surface area (Å²) < 4.78 is 0.448. The molecule has 0 spiro atoms. The zero-order valence-corrected chi connectivity index (χ0v) is 14.3. The highest BCUT2D eigenvalue weighted by molar-refractivity contribution is 8.26. The first-order chi connectivity index (χ1) is 12.1. The van der Waals surface area contributed by atoms with Crippen LogP contribution in [0.1, 0.15) is 5.69 Å². The number of nitrogens with zero attached hydrogens (tertiary/aromatic N) is 4. The minimum absolute atomic E-state index is 0.193. The molecule has 1 aliphatic rings. The maximum atomic E-state index is 11.8. The zero-order chi connectivity index (χ0) is 17.4. The lowest BCUT2D eigenvalue weighted by Crippen LogP contribution is -2.17. The van der Waals surface area contributed by atoms with Crippen molar-refractivity contribution in [3.05, 3.63) is 47.3 Å². The van der Waals surface area contributed by atoms with Gasteiger partial charge in [0.1, 0.15) is 9.84 Å². The SMILES string of the molecule is Nc1ncc2ncc(-c3cccc(C=C4SC(=S)NC4=O)n3)cc2n1. The molecule has 4 heterocycles. The largest absolute Gasteiger partial charge is 0.368 e. The average molecular weight is 366 g/mol. The number of amides is 1. The third-order valence-electron chi connectivity index (χ3n) is 3.44. The Morgan fingerprint density at radius 2 is 2.04 bits per heavy atom. The molecule has 9 heteroatoms. The van der Waals surface area contributed by atoms with Gasteiger partial charge in [-0.3, -0.25) is 9.78 Å². The summed E-state index contributed by atoms with van der Waals surface area (Å²) in [5.74, 6) is -0.0140. The summed E-state index contributed by atoms with van der Waals surface area (Å²) in [6.45, 7) is 0. The third-order valence-corrected chi connectivity index (χ3v) is 4.60. The van der Waals surface area contributed by atoms with Crippen LogP contribution in [0.25, 0.3) is 28.4 Å². The number of thiocarbonyl (C=S) groups is 1. The van der Waals surface area contributed by atoms with Gasteiger partial charge in [-0.15, -0.1) is 0 Å². The smallest absolute Gasteiger partial charge is 0.263 e. The number of nitrogens with one attached hydrogen (secondary N) is 1. The standard InChI is InChI=1S/C16H10N6OS2/c17-15-19-7-12-11(21-15)4-8(6-18-12)10-3-1-2-9(20-10)5-13-14(23)22-16(24)25-13/h1-7H,(H2,17,19,21)(H,22,23,24). The van der Waals surface area contributed by atoms with Crippen molar-refractivity contribution in [3.8, 4) is 11.3 Å². The lowest BCUT2D eigenvalue weighted by atomic mass is 10.1. The number of nitrogen functional groups attached to an aromatic ring is 1. The quantitative estimate of drug-likeness (QED) is 0.525. The summed E-state index contributed by atoms with van der Waals surface area (Å²) in [5, 5.41) is 2.58. The van der Waals surface area contributed by atoms with Gasteiger partial charge in [-0.05, 0) is 24.3 Å². The Morgan fingerprint density at radius 1 is 1.16 bits per heavy atom. The maximum Gasteiger partial charge on any atom is 0.263 e. The van der Waals surface area contributed by atoms with Crippen LogP contribution in [-0.4, -0.2) is 30.2 Å². The number of thioether (sulfide) groups is 1. The predicted octanol–water partition coefficient (Wildman–Crippen LogP) is 2.16. The summed E-state index contributed by atoms with van der Waals surface area (Å²) in [5.41, 5.74) is 9.10. The molecule has 4 rings (SSSR count). The van der Waals surface area contributed by atoms with Gasteiger partial charge < -0.3 is 11.1 Å². The molecule has 0 unspecified atom stereocenters. The average Bonchev–Trinajstić information content (AvgIpc) is 2.91. The molecule has 7 nitrogen and oxygen atoms in total. The van der Waals surface area contributed by atoms with E-state index in [2.05, 4.69) is 25.3 Å². The van der Waals surface area contributed by atoms with E-state index in [-0.39, 0.29) is 11.9 Å². The number of pyridine rings is 2. The number of aromatic nitrogens is 4. The molecule has 25 heavy (non-hydrogen) atoms. The van der Waals surface area contributed by atoms with Gasteiger partial charge >= 0.3 is 0 Å². The number of hydrogen-bond donors (Lipinski definition) is 2. The molecule has 122 valence electrons. The van der Waals surface area contributed by atoms with Crippen molar-refractivity contribution < 1.29 is 4.79 Å².